The van der Waals surface area contributed by atoms with Gasteiger partial charge in [-0.05, 0) is 18.2 Å². The normalized spacial score (nSPS) is 12.0. The van der Waals surface area contributed by atoms with Crippen LogP contribution in [0.3, 0.4) is 0 Å². The van der Waals surface area contributed by atoms with Crippen molar-refractivity contribution in [3.63, 3.8) is 0 Å². The van der Waals surface area contributed by atoms with Gasteiger partial charge in [0.05, 0.1) is 16.9 Å². The minimum absolute atomic E-state index is 0.0375. The average molecular weight is 344 g/mol. The standard InChI is InChI=1S/C12H12FN3O4S2/c13-7-1-2-9(10(5-7)16-22(19)20)11(18)15-12-14-8(3-4-17)6-21-12/h1-2,5-6,16-17H,3-4H2,(H,19,20)(H,14,15,18)/p-1. The molecule has 0 radical (unpaired) electrons. The number of hydrogen-bond donors (Lipinski definition) is 3. The van der Waals surface area contributed by atoms with E-state index in [4.69, 9.17) is 5.11 Å². The Labute approximate surface area is 131 Å². The number of aromatic nitrogens is 1. The van der Waals surface area contributed by atoms with Crippen LogP contribution in [-0.4, -0.2) is 31.4 Å². The highest BCUT2D eigenvalue weighted by molar-refractivity contribution is 7.80. The molecule has 1 heterocycles. The van der Waals surface area contributed by atoms with Crippen molar-refractivity contribution in [2.45, 2.75) is 6.42 Å². The second kappa shape index (κ2) is 7.40. The maximum Gasteiger partial charge on any atom is 0.259 e. The quantitative estimate of drug-likeness (QED) is 0.683. The summed E-state index contributed by atoms with van der Waals surface area (Å²) in [6.45, 7) is -0.0571. The number of carbonyl (C=O) groups excluding carboxylic acids is 1. The van der Waals surface area contributed by atoms with Crippen molar-refractivity contribution in [3.05, 3.63) is 40.7 Å². The van der Waals surface area contributed by atoms with E-state index < -0.39 is 23.0 Å². The number of aliphatic hydroxyl groups excluding tert-OH is 1. The van der Waals surface area contributed by atoms with E-state index in [1.54, 1.807) is 5.38 Å². The maximum atomic E-state index is 13.2. The zero-order chi connectivity index (χ0) is 16.1. The van der Waals surface area contributed by atoms with E-state index in [0.29, 0.717) is 17.2 Å². The molecule has 0 aliphatic heterocycles. The fraction of sp³-hybridized carbons (Fsp3) is 0.167. The smallest absolute Gasteiger partial charge is 0.259 e. The Balaban J connectivity index is 2.19. The number of aliphatic hydroxyl groups is 1. The molecule has 10 heteroatoms. The largest absolute Gasteiger partial charge is 0.755 e. The van der Waals surface area contributed by atoms with Crippen molar-refractivity contribution in [1.29, 1.82) is 0 Å². The Morgan fingerprint density at radius 3 is 2.95 bits per heavy atom. The van der Waals surface area contributed by atoms with Crippen LogP contribution in [0, 0.1) is 5.82 Å². The van der Waals surface area contributed by atoms with Crippen molar-refractivity contribution in [2.75, 3.05) is 16.6 Å². The summed E-state index contributed by atoms with van der Waals surface area (Å²) >= 11 is -1.52. The van der Waals surface area contributed by atoms with Gasteiger partial charge in [-0.25, -0.2) is 9.37 Å². The average Bonchev–Trinajstić information content (AvgIpc) is 2.85. The summed E-state index contributed by atoms with van der Waals surface area (Å²) in [7, 11) is 0. The van der Waals surface area contributed by atoms with Crippen LogP contribution >= 0.6 is 11.3 Å². The highest BCUT2D eigenvalue weighted by Crippen LogP contribution is 2.21. The topological polar surface area (TPSA) is 114 Å². The minimum Gasteiger partial charge on any atom is -0.755 e. The van der Waals surface area contributed by atoms with Crippen LogP contribution in [0.2, 0.25) is 0 Å². The van der Waals surface area contributed by atoms with E-state index >= 15 is 0 Å². The Kier molecular flexibility index (Phi) is 5.55. The highest BCUT2D eigenvalue weighted by Gasteiger charge is 2.14. The molecule has 1 aromatic heterocycles. The van der Waals surface area contributed by atoms with E-state index in [9.17, 15) is 17.9 Å². The van der Waals surface area contributed by atoms with Crippen LogP contribution in [0.5, 0.6) is 0 Å². The molecule has 0 aliphatic carbocycles. The number of nitrogens with zero attached hydrogens (tertiary/aromatic N) is 1. The van der Waals surface area contributed by atoms with Gasteiger partial charge in [-0.2, -0.15) is 0 Å². The molecule has 118 valence electrons. The van der Waals surface area contributed by atoms with E-state index in [1.165, 1.54) is 17.4 Å². The second-order valence-corrected chi connectivity index (χ2v) is 5.63. The van der Waals surface area contributed by atoms with E-state index in [-0.39, 0.29) is 17.9 Å². The van der Waals surface area contributed by atoms with Crippen LogP contribution in [0.15, 0.2) is 23.6 Å². The SMILES string of the molecule is O=C(Nc1nc(CCO)cs1)c1ccc(F)cc1NS(=O)[O-]. The third-order valence-corrected chi connectivity index (χ3v) is 3.75. The lowest BCUT2D eigenvalue weighted by atomic mass is 10.1. The van der Waals surface area contributed by atoms with Crippen molar-refractivity contribution in [1.82, 2.24) is 4.98 Å². The number of carbonyl (C=O) groups is 1. The van der Waals surface area contributed by atoms with Crippen LogP contribution in [0.25, 0.3) is 0 Å². The number of halogens is 1. The molecular weight excluding hydrogens is 333 g/mol. The molecule has 7 nitrogen and oxygen atoms in total. The van der Waals surface area contributed by atoms with Gasteiger partial charge in [0.1, 0.15) is 5.82 Å². The molecule has 22 heavy (non-hydrogen) atoms. The first kappa shape index (κ1) is 16.5. The minimum atomic E-state index is -2.68. The molecule has 0 saturated heterocycles. The molecule has 2 rings (SSSR count). The van der Waals surface area contributed by atoms with Crippen molar-refractivity contribution < 1.29 is 23.1 Å². The molecule has 0 saturated carbocycles. The Morgan fingerprint density at radius 1 is 1.50 bits per heavy atom. The lowest BCUT2D eigenvalue weighted by Crippen LogP contribution is -2.15. The van der Waals surface area contributed by atoms with Gasteiger partial charge in [0.25, 0.3) is 5.91 Å². The maximum absolute atomic E-state index is 13.2. The van der Waals surface area contributed by atoms with Crippen LogP contribution < -0.4 is 10.0 Å². The number of hydrogen-bond acceptors (Lipinski definition) is 6. The lowest BCUT2D eigenvalue weighted by Gasteiger charge is -2.13. The van der Waals surface area contributed by atoms with Crippen LogP contribution in [0.4, 0.5) is 15.2 Å². The van der Waals surface area contributed by atoms with Gasteiger partial charge in [0.15, 0.2) is 5.13 Å². The van der Waals surface area contributed by atoms with Crippen molar-refractivity contribution >= 4 is 39.3 Å². The summed E-state index contributed by atoms with van der Waals surface area (Å²) in [5, 5.41) is 13.3. The summed E-state index contributed by atoms with van der Waals surface area (Å²) in [4.78, 5) is 16.2. The zero-order valence-electron chi connectivity index (χ0n) is 11.0. The van der Waals surface area contributed by atoms with Gasteiger partial charge in [-0.15, -0.1) is 11.3 Å². The molecule has 3 N–H and O–H groups in total. The number of amides is 1. The number of benzene rings is 1. The summed E-state index contributed by atoms with van der Waals surface area (Å²) in [6.07, 6.45) is 0.366. The van der Waals surface area contributed by atoms with Crippen molar-refractivity contribution in [2.24, 2.45) is 0 Å². The molecular formula is C12H11FN3O4S2-. The highest BCUT2D eigenvalue weighted by atomic mass is 32.2. The first-order valence-electron chi connectivity index (χ1n) is 6.01. The summed E-state index contributed by atoms with van der Waals surface area (Å²) in [5.41, 5.74) is 0.420. The Morgan fingerprint density at radius 2 is 2.27 bits per heavy atom. The molecule has 1 atom stereocenters. The molecule has 2 aromatic rings. The van der Waals surface area contributed by atoms with E-state index in [2.05, 4.69) is 10.3 Å². The number of nitrogens with one attached hydrogen (secondary N) is 2. The van der Waals surface area contributed by atoms with E-state index in [1.807, 2.05) is 4.72 Å². The van der Waals surface area contributed by atoms with Crippen LogP contribution in [0.1, 0.15) is 16.1 Å². The molecule has 1 aromatic carbocycles. The molecule has 0 spiro atoms. The monoisotopic (exact) mass is 344 g/mol. The van der Waals surface area contributed by atoms with Gasteiger partial charge >= 0.3 is 0 Å². The van der Waals surface area contributed by atoms with Crippen molar-refractivity contribution in [3.8, 4) is 0 Å². The van der Waals surface area contributed by atoms with Gasteiger partial charge in [0.2, 0.25) is 0 Å². The predicted molar refractivity (Wildman–Crippen MR) is 79.8 cm³/mol. The fourth-order valence-electron chi connectivity index (χ4n) is 1.65. The fourth-order valence-corrected chi connectivity index (χ4v) is 2.74. The molecule has 1 unspecified atom stereocenters. The molecule has 1 amide bonds. The predicted octanol–water partition coefficient (Wildman–Crippen LogP) is 1.28. The third kappa shape index (κ3) is 4.31. The molecule has 0 fully saturated rings. The zero-order valence-corrected chi connectivity index (χ0v) is 12.7. The Hall–Kier alpha value is -1.88. The summed E-state index contributed by atoms with van der Waals surface area (Å²) in [6, 6.07) is 3.12. The first-order chi connectivity index (χ1) is 10.5. The van der Waals surface area contributed by atoms with E-state index in [0.717, 1.165) is 12.1 Å². The number of thiazole rings is 1. The summed E-state index contributed by atoms with van der Waals surface area (Å²) in [5.74, 6) is -1.30. The first-order valence-corrected chi connectivity index (χ1v) is 7.97. The number of anilines is 2. The summed E-state index contributed by atoms with van der Waals surface area (Å²) < 4.78 is 36.5. The molecule has 0 bridgehead atoms. The Bertz CT molecular complexity index is 707. The second-order valence-electron chi connectivity index (χ2n) is 4.10. The van der Waals surface area contributed by atoms with Crippen LogP contribution in [-0.2, 0) is 17.7 Å². The van der Waals surface area contributed by atoms with Gasteiger partial charge in [0, 0.05) is 29.7 Å². The lowest BCUT2D eigenvalue weighted by molar-refractivity contribution is 0.102. The van der Waals surface area contributed by atoms with Gasteiger partial charge < -0.3 is 14.4 Å². The van der Waals surface area contributed by atoms with Gasteiger partial charge in [-0.3, -0.25) is 14.3 Å². The number of rotatable bonds is 6. The van der Waals surface area contributed by atoms with Gasteiger partial charge in [-0.1, -0.05) is 0 Å². The third-order valence-electron chi connectivity index (χ3n) is 2.56. The molecule has 0 aliphatic rings.